The molecule has 0 N–H and O–H groups in total. The van der Waals surface area contributed by atoms with Gasteiger partial charge in [-0.1, -0.05) is 103 Å². The van der Waals surface area contributed by atoms with Crippen LogP contribution in [0.3, 0.4) is 0 Å². The lowest BCUT2D eigenvalue weighted by molar-refractivity contribution is -0.137. The number of halogens is 3. The molecule has 8 rings (SSSR count). The van der Waals surface area contributed by atoms with E-state index >= 15 is 0 Å². The third kappa shape index (κ3) is 5.47. The maximum atomic E-state index is 14.0. The Hall–Kier alpha value is -6.59. The fraction of sp³-hybridized carbons (Fsp3) is 0.0244. The number of fused-ring (bicyclic) bond motifs is 3. The highest BCUT2D eigenvalue weighted by Gasteiger charge is 2.31. The van der Waals surface area contributed by atoms with E-state index in [1.807, 2.05) is 120 Å². The minimum absolute atomic E-state index is 0.394. The van der Waals surface area contributed by atoms with Crippen molar-refractivity contribution in [2.75, 3.05) is 0 Å². The first kappa shape index (κ1) is 29.8. The highest BCUT2D eigenvalue weighted by molar-refractivity contribution is 6.09. The molecule has 6 aromatic carbocycles. The van der Waals surface area contributed by atoms with E-state index in [1.165, 1.54) is 12.1 Å². The zero-order valence-electron chi connectivity index (χ0n) is 25.7. The van der Waals surface area contributed by atoms with Crippen molar-refractivity contribution in [3.05, 3.63) is 157 Å². The maximum Gasteiger partial charge on any atom is 0.416 e. The van der Waals surface area contributed by atoms with E-state index in [0.29, 0.717) is 45.2 Å². The van der Waals surface area contributed by atoms with Crippen LogP contribution in [0.15, 0.2) is 146 Å². The lowest BCUT2D eigenvalue weighted by atomic mass is 9.97. The van der Waals surface area contributed by atoms with Gasteiger partial charge < -0.3 is 4.57 Å². The van der Waals surface area contributed by atoms with Crippen molar-refractivity contribution in [3.8, 4) is 57.0 Å². The van der Waals surface area contributed by atoms with Gasteiger partial charge in [0.2, 0.25) is 0 Å². The number of para-hydroxylation sites is 1. The Morgan fingerprint density at radius 2 is 1.10 bits per heavy atom. The molecule has 0 aliphatic heterocycles. The molecule has 0 spiro atoms. The molecule has 0 unspecified atom stereocenters. The van der Waals surface area contributed by atoms with Crippen LogP contribution in [0.4, 0.5) is 13.2 Å². The zero-order valence-corrected chi connectivity index (χ0v) is 25.7. The van der Waals surface area contributed by atoms with E-state index in [0.717, 1.165) is 39.2 Å². The predicted octanol–water partition coefficient (Wildman–Crippen LogP) is 10.5. The fourth-order valence-corrected chi connectivity index (χ4v) is 6.19. The van der Waals surface area contributed by atoms with Gasteiger partial charge >= 0.3 is 6.18 Å². The summed E-state index contributed by atoms with van der Waals surface area (Å²) in [4.78, 5) is 14.8. The Morgan fingerprint density at radius 3 is 1.73 bits per heavy atom. The molecule has 0 radical (unpaired) electrons. The molecule has 0 fully saturated rings. The molecular weight excluding hydrogens is 619 g/mol. The van der Waals surface area contributed by atoms with E-state index in [9.17, 15) is 18.4 Å². The molecule has 0 aliphatic rings. The standard InChI is InChI=1S/C41H24F3N5/c42-41(43,44)30-19-21-34-33-13-7-8-14-36(33)49(37(34)23-30)31-20-22-32(27-17-15-26(25-45)16-18-27)35(24-31)40-47-38(28-9-3-1-4-10-28)46-39(48-40)29-11-5-2-6-12-29/h1-24H. The topological polar surface area (TPSA) is 67.4 Å². The van der Waals surface area contributed by atoms with E-state index < -0.39 is 11.7 Å². The normalized spacial score (nSPS) is 11.6. The van der Waals surface area contributed by atoms with E-state index in [1.54, 1.807) is 12.1 Å². The first-order valence-electron chi connectivity index (χ1n) is 15.5. The Bertz CT molecular complexity index is 2480. The third-order valence-electron chi connectivity index (χ3n) is 8.53. The molecule has 2 heterocycles. The number of nitriles is 1. The SMILES string of the molecule is N#Cc1ccc(-c2ccc(-n3c4ccccc4c4ccc(C(F)(F)F)cc43)cc2-c2nc(-c3ccccc3)nc(-c3ccccc3)n2)cc1. The first-order valence-corrected chi connectivity index (χ1v) is 15.5. The van der Waals surface area contributed by atoms with Crippen LogP contribution >= 0.6 is 0 Å². The lowest BCUT2D eigenvalue weighted by Gasteiger charge is -2.16. The highest BCUT2D eigenvalue weighted by atomic mass is 19.4. The number of alkyl halides is 3. The van der Waals surface area contributed by atoms with Crippen LogP contribution in [-0.2, 0) is 6.18 Å². The van der Waals surface area contributed by atoms with Crippen molar-refractivity contribution in [1.82, 2.24) is 19.5 Å². The number of hydrogen-bond acceptors (Lipinski definition) is 4. The smallest absolute Gasteiger partial charge is 0.309 e. The number of nitrogens with zero attached hydrogens (tertiary/aromatic N) is 5. The van der Waals surface area contributed by atoms with Crippen molar-refractivity contribution in [2.45, 2.75) is 6.18 Å². The second-order valence-corrected chi connectivity index (χ2v) is 11.5. The van der Waals surface area contributed by atoms with E-state index in [2.05, 4.69) is 6.07 Å². The highest BCUT2D eigenvalue weighted by Crippen LogP contribution is 2.39. The van der Waals surface area contributed by atoms with Crippen LogP contribution < -0.4 is 0 Å². The summed E-state index contributed by atoms with van der Waals surface area (Å²) < 4.78 is 43.8. The van der Waals surface area contributed by atoms with Crippen LogP contribution in [0.25, 0.3) is 72.8 Å². The summed E-state index contributed by atoms with van der Waals surface area (Å²) >= 11 is 0. The van der Waals surface area contributed by atoms with Crippen LogP contribution in [0, 0.1) is 11.3 Å². The van der Waals surface area contributed by atoms with Crippen molar-refractivity contribution in [2.24, 2.45) is 0 Å². The van der Waals surface area contributed by atoms with Gasteiger partial charge in [-0.2, -0.15) is 18.4 Å². The number of hydrogen-bond donors (Lipinski definition) is 0. The van der Waals surface area contributed by atoms with Crippen LogP contribution in [0.1, 0.15) is 11.1 Å². The molecule has 0 bridgehead atoms. The molecule has 0 saturated carbocycles. The van der Waals surface area contributed by atoms with Crippen molar-refractivity contribution in [3.63, 3.8) is 0 Å². The number of rotatable bonds is 5. The summed E-state index contributed by atoms with van der Waals surface area (Å²) in [5.41, 5.74) is 5.50. The molecule has 49 heavy (non-hydrogen) atoms. The molecule has 2 aromatic heterocycles. The zero-order chi connectivity index (χ0) is 33.5. The van der Waals surface area contributed by atoms with Gasteiger partial charge in [-0.15, -0.1) is 0 Å². The molecule has 0 atom stereocenters. The lowest BCUT2D eigenvalue weighted by Crippen LogP contribution is -2.05. The average molecular weight is 644 g/mol. The van der Waals surface area contributed by atoms with Gasteiger partial charge in [-0.05, 0) is 53.6 Å². The van der Waals surface area contributed by atoms with Gasteiger partial charge in [0.1, 0.15) is 0 Å². The third-order valence-corrected chi connectivity index (χ3v) is 8.53. The van der Waals surface area contributed by atoms with Crippen LogP contribution in [0.5, 0.6) is 0 Å². The van der Waals surface area contributed by atoms with Crippen molar-refractivity contribution >= 4 is 21.8 Å². The maximum absolute atomic E-state index is 14.0. The minimum Gasteiger partial charge on any atom is -0.309 e. The summed E-state index contributed by atoms with van der Waals surface area (Å²) in [7, 11) is 0. The summed E-state index contributed by atoms with van der Waals surface area (Å²) in [6, 6.07) is 45.8. The summed E-state index contributed by atoms with van der Waals surface area (Å²) in [5, 5.41) is 11.0. The molecule has 8 heteroatoms. The first-order chi connectivity index (χ1) is 23.9. The largest absolute Gasteiger partial charge is 0.416 e. The molecular formula is C41H24F3N5. The average Bonchev–Trinajstić information content (AvgIpc) is 3.48. The Kier molecular flexibility index (Phi) is 7.23. The fourth-order valence-electron chi connectivity index (χ4n) is 6.19. The van der Waals surface area contributed by atoms with Gasteiger partial charge in [0, 0.05) is 33.2 Å². The van der Waals surface area contributed by atoms with Crippen LogP contribution in [-0.4, -0.2) is 19.5 Å². The van der Waals surface area contributed by atoms with E-state index in [4.69, 9.17) is 15.0 Å². The van der Waals surface area contributed by atoms with Gasteiger partial charge in [0.05, 0.1) is 28.2 Å². The minimum atomic E-state index is -4.51. The van der Waals surface area contributed by atoms with Gasteiger partial charge in [-0.3, -0.25) is 0 Å². The molecule has 5 nitrogen and oxygen atoms in total. The summed E-state index contributed by atoms with van der Waals surface area (Å²) in [5.74, 6) is 1.35. The quantitative estimate of drug-likeness (QED) is 0.187. The second-order valence-electron chi connectivity index (χ2n) is 11.5. The Balaban J connectivity index is 1.43. The summed E-state index contributed by atoms with van der Waals surface area (Å²) in [6.45, 7) is 0. The van der Waals surface area contributed by atoms with E-state index in [-0.39, 0.29) is 0 Å². The molecule has 234 valence electrons. The van der Waals surface area contributed by atoms with Gasteiger partial charge in [0.25, 0.3) is 0 Å². The monoisotopic (exact) mass is 643 g/mol. The Morgan fingerprint density at radius 1 is 0.510 bits per heavy atom. The Labute approximate surface area is 279 Å². The van der Waals surface area contributed by atoms with Crippen LogP contribution in [0.2, 0.25) is 0 Å². The summed E-state index contributed by atoms with van der Waals surface area (Å²) in [6.07, 6.45) is -4.51. The second kappa shape index (κ2) is 11.9. The number of benzene rings is 6. The molecule has 8 aromatic rings. The molecule has 0 saturated heterocycles. The predicted molar refractivity (Wildman–Crippen MR) is 186 cm³/mol. The molecule has 0 aliphatic carbocycles. The van der Waals surface area contributed by atoms with Crippen molar-refractivity contribution in [1.29, 1.82) is 5.26 Å². The van der Waals surface area contributed by atoms with Crippen molar-refractivity contribution < 1.29 is 13.2 Å². The van der Waals surface area contributed by atoms with Gasteiger partial charge in [0.15, 0.2) is 17.5 Å². The molecule has 0 amide bonds. The van der Waals surface area contributed by atoms with Gasteiger partial charge in [-0.25, -0.2) is 15.0 Å². The number of aromatic nitrogens is 4.